The number of carbonyl (C=O) groups excluding carboxylic acids is 2. The normalized spacial score (nSPS) is 19.7. The molecule has 1 unspecified atom stereocenters. The van der Waals surface area contributed by atoms with Gasteiger partial charge in [0.15, 0.2) is 11.5 Å². The van der Waals surface area contributed by atoms with Gasteiger partial charge in [-0.3, -0.25) is 14.5 Å². The first-order valence-electron chi connectivity index (χ1n) is 9.92. The van der Waals surface area contributed by atoms with E-state index in [4.69, 9.17) is 9.47 Å². The summed E-state index contributed by atoms with van der Waals surface area (Å²) in [6, 6.07) is 5.56. The number of nitrogens with zero attached hydrogens (tertiary/aromatic N) is 1. The lowest BCUT2D eigenvalue weighted by atomic mass is 9.73. The summed E-state index contributed by atoms with van der Waals surface area (Å²) in [6.07, 6.45) is 6.49. The molecule has 6 heteroatoms. The first kappa shape index (κ1) is 20.4. The van der Waals surface area contributed by atoms with Crippen LogP contribution in [0.3, 0.4) is 0 Å². The van der Waals surface area contributed by atoms with E-state index in [9.17, 15) is 14.7 Å². The summed E-state index contributed by atoms with van der Waals surface area (Å²) < 4.78 is 11.0. The lowest BCUT2D eigenvalue weighted by molar-refractivity contribution is -0.144. The molecule has 1 aromatic rings. The van der Waals surface area contributed by atoms with Gasteiger partial charge >= 0.3 is 0 Å². The fraction of sp³-hybridized carbons (Fsp3) is 0.545. The second-order valence-electron chi connectivity index (χ2n) is 7.77. The van der Waals surface area contributed by atoms with Crippen molar-refractivity contribution in [3.63, 3.8) is 0 Å². The van der Waals surface area contributed by atoms with Crippen molar-refractivity contribution in [3.05, 3.63) is 36.4 Å². The van der Waals surface area contributed by atoms with Crippen molar-refractivity contribution in [2.75, 3.05) is 20.3 Å². The molecule has 1 heterocycles. The van der Waals surface area contributed by atoms with Crippen LogP contribution in [-0.4, -0.2) is 48.2 Å². The Bertz CT molecular complexity index is 738. The molecular formula is C22H29NO5. The van der Waals surface area contributed by atoms with Gasteiger partial charge in [0.1, 0.15) is 12.7 Å². The average Bonchev–Trinajstić information content (AvgIpc) is 2.91. The number of allylic oxidation sites excluding steroid dienone is 1. The molecule has 1 saturated carbocycles. The summed E-state index contributed by atoms with van der Waals surface area (Å²) >= 11 is 0. The Morgan fingerprint density at radius 1 is 1.25 bits per heavy atom. The molecule has 152 valence electrons. The van der Waals surface area contributed by atoms with Gasteiger partial charge in [-0.15, -0.1) is 6.58 Å². The van der Waals surface area contributed by atoms with E-state index >= 15 is 0 Å². The number of benzene rings is 1. The third kappa shape index (κ3) is 4.22. The van der Waals surface area contributed by atoms with Gasteiger partial charge in [-0.1, -0.05) is 31.4 Å². The van der Waals surface area contributed by atoms with Crippen LogP contribution >= 0.6 is 0 Å². The molecule has 1 atom stereocenters. The summed E-state index contributed by atoms with van der Waals surface area (Å²) in [7, 11) is 1.56. The number of amides is 2. The summed E-state index contributed by atoms with van der Waals surface area (Å²) in [5.74, 6) is 0.776. The summed E-state index contributed by atoms with van der Waals surface area (Å²) in [5, 5.41) is 10.4. The monoisotopic (exact) mass is 387 g/mol. The molecule has 2 fully saturated rings. The number of β-amino-alcohol motifs (C(OH)–C–C–N with tert-alkyl or cyclic N) is 1. The molecule has 0 bridgehead atoms. The number of likely N-dealkylation sites (tertiary alicyclic amines) is 1. The molecule has 1 saturated heterocycles. The van der Waals surface area contributed by atoms with Crippen molar-refractivity contribution < 1.29 is 24.2 Å². The number of aliphatic hydroxyl groups excluding tert-OH is 1. The third-order valence-corrected chi connectivity index (χ3v) is 5.73. The molecule has 0 radical (unpaired) electrons. The van der Waals surface area contributed by atoms with Crippen molar-refractivity contribution in [3.8, 4) is 11.5 Å². The molecule has 2 amide bonds. The first-order valence-corrected chi connectivity index (χ1v) is 9.92. The smallest absolute Gasteiger partial charge is 0.235 e. The van der Waals surface area contributed by atoms with E-state index in [0.29, 0.717) is 11.5 Å². The van der Waals surface area contributed by atoms with Gasteiger partial charge < -0.3 is 14.6 Å². The second-order valence-corrected chi connectivity index (χ2v) is 7.77. The zero-order valence-corrected chi connectivity index (χ0v) is 16.5. The van der Waals surface area contributed by atoms with Gasteiger partial charge in [0, 0.05) is 6.42 Å². The number of imide groups is 1. The Labute approximate surface area is 166 Å². The summed E-state index contributed by atoms with van der Waals surface area (Å²) in [5.41, 5.74) is 0.519. The predicted octanol–water partition coefficient (Wildman–Crippen LogP) is 2.87. The highest BCUT2D eigenvalue weighted by molar-refractivity contribution is 6.06. The van der Waals surface area contributed by atoms with E-state index in [2.05, 4.69) is 6.58 Å². The van der Waals surface area contributed by atoms with Crippen LogP contribution < -0.4 is 9.47 Å². The molecule has 0 aromatic heterocycles. The minimum Gasteiger partial charge on any atom is -0.493 e. The number of methoxy groups -OCH3 is 1. The Balaban J connectivity index is 1.58. The Kier molecular flexibility index (Phi) is 6.39. The Hall–Kier alpha value is -2.34. The van der Waals surface area contributed by atoms with Crippen LogP contribution in [0.5, 0.6) is 11.5 Å². The van der Waals surface area contributed by atoms with E-state index in [0.717, 1.165) is 44.1 Å². The van der Waals surface area contributed by atoms with Crippen LogP contribution in [-0.2, 0) is 16.0 Å². The molecule has 1 N–H and O–H groups in total. The van der Waals surface area contributed by atoms with Crippen LogP contribution in [0.1, 0.15) is 44.1 Å². The number of hydrogen-bond acceptors (Lipinski definition) is 5. The lowest BCUT2D eigenvalue weighted by Crippen LogP contribution is -2.42. The van der Waals surface area contributed by atoms with E-state index in [-0.39, 0.29) is 31.4 Å². The molecule has 1 aromatic carbocycles. The molecule has 1 aliphatic heterocycles. The molecule has 3 rings (SSSR count). The predicted molar refractivity (Wildman–Crippen MR) is 105 cm³/mol. The third-order valence-electron chi connectivity index (χ3n) is 5.73. The van der Waals surface area contributed by atoms with Gasteiger partial charge in [0.05, 0.1) is 19.1 Å². The van der Waals surface area contributed by atoms with Gasteiger partial charge in [-0.2, -0.15) is 0 Å². The SMILES string of the molecule is C=CCc1ccc(OCC(O)CN2C(=O)CC3(CCCCC3)C2=O)c(OC)c1. The Morgan fingerprint density at radius 2 is 2.00 bits per heavy atom. The average molecular weight is 387 g/mol. The largest absolute Gasteiger partial charge is 0.493 e. The molecular weight excluding hydrogens is 358 g/mol. The quantitative estimate of drug-likeness (QED) is 0.548. The van der Waals surface area contributed by atoms with Crippen LogP contribution in [0.2, 0.25) is 0 Å². The fourth-order valence-corrected chi connectivity index (χ4v) is 4.24. The highest BCUT2D eigenvalue weighted by atomic mass is 16.5. The second kappa shape index (κ2) is 8.78. The maximum absolute atomic E-state index is 12.8. The van der Waals surface area contributed by atoms with Gasteiger partial charge in [0.25, 0.3) is 0 Å². The van der Waals surface area contributed by atoms with Crippen LogP contribution in [0.4, 0.5) is 0 Å². The fourth-order valence-electron chi connectivity index (χ4n) is 4.24. The number of ether oxygens (including phenoxy) is 2. The highest BCUT2D eigenvalue weighted by Gasteiger charge is 2.51. The zero-order chi connectivity index (χ0) is 20.1. The van der Waals surface area contributed by atoms with Crippen LogP contribution in [0.15, 0.2) is 30.9 Å². The summed E-state index contributed by atoms with van der Waals surface area (Å²) in [6.45, 7) is 3.66. The van der Waals surface area contributed by atoms with Crippen molar-refractivity contribution in [2.24, 2.45) is 5.41 Å². The van der Waals surface area contributed by atoms with Gasteiger partial charge in [0.2, 0.25) is 11.8 Å². The number of rotatable bonds is 8. The molecule has 1 aliphatic carbocycles. The van der Waals surface area contributed by atoms with Crippen molar-refractivity contribution >= 4 is 11.8 Å². The maximum atomic E-state index is 12.8. The molecule has 28 heavy (non-hydrogen) atoms. The van der Waals surface area contributed by atoms with E-state index in [1.54, 1.807) is 13.2 Å². The number of carbonyl (C=O) groups is 2. The molecule has 2 aliphatic rings. The van der Waals surface area contributed by atoms with Crippen molar-refractivity contribution in [2.45, 2.75) is 51.0 Å². The maximum Gasteiger partial charge on any atom is 0.235 e. The van der Waals surface area contributed by atoms with E-state index in [1.165, 1.54) is 4.90 Å². The lowest BCUT2D eigenvalue weighted by Gasteiger charge is -2.30. The highest BCUT2D eigenvalue weighted by Crippen LogP contribution is 2.45. The molecule has 6 nitrogen and oxygen atoms in total. The van der Waals surface area contributed by atoms with Gasteiger partial charge in [-0.25, -0.2) is 0 Å². The minimum atomic E-state index is -0.954. The van der Waals surface area contributed by atoms with Crippen molar-refractivity contribution in [1.29, 1.82) is 0 Å². The zero-order valence-electron chi connectivity index (χ0n) is 16.5. The summed E-state index contributed by atoms with van der Waals surface area (Å²) in [4.78, 5) is 26.4. The van der Waals surface area contributed by atoms with Gasteiger partial charge in [-0.05, 0) is 37.0 Å². The Morgan fingerprint density at radius 3 is 2.68 bits per heavy atom. The number of hydrogen-bond donors (Lipinski definition) is 1. The standard InChI is InChI=1S/C22H29NO5/c1-3-7-16-8-9-18(19(12-16)27-2)28-15-17(24)14-23-20(25)13-22(21(23)26)10-5-4-6-11-22/h3,8-9,12,17,24H,1,4-7,10-11,13-15H2,2H3. The number of aliphatic hydroxyl groups is 1. The molecule has 1 spiro atoms. The van der Waals surface area contributed by atoms with E-state index < -0.39 is 11.5 Å². The minimum absolute atomic E-state index is 0.0266. The van der Waals surface area contributed by atoms with Crippen LogP contribution in [0.25, 0.3) is 0 Å². The van der Waals surface area contributed by atoms with E-state index in [1.807, 2.05) is 18.2 Å². The first-order chi connectivity index (χ1) is 13.5. The van der Waals surface area contributed by atoms with Crippen LogP contribution in [0, 0.1) is 5.41 Å². The topological polar surface area (TPSA) is 76.1 Å². The van der Waals surface area contributed by atoms with Crippen molar-refractivity contribution in [1.82, 2.24) is 4.90 Å².